The normalized spacial score (nSPS) is 14.9. The molecule has 9 heteroatoms. The Morgan fingerprint density at radius 1 is 1.24 bits per heavy atom. The fourth-order valence-electron chi connectivity index (χ4n) is 1.71. The number of hydrazone groups is 1. The molecule has 0 unspecified atom stereocenters. The van der Waals surface area contributed by atoms with Crippen molar-refractivity contribution in [2.24, 2.45) is 5.10 Å². The van der Waals surface area contributed by atoms with Crippen LogP contribution in [0.2, 0.25) is 0 Å². The highest BCUT2D eigenvalue weighted by Crippen LogP contribution is 2.22. The number of rotatable bonds is 4. The summed E-state index contributed by atoms with van der Waals surface area (Å²) in [5.41, 5.74) is 2.98. The van der Waals surface area contributed by atoms with E-state index in [-0.39, 0.29) is 30.1 Å². The van der Waals surface area contributed by atoms with E-state index in [1.54, 1.807) is 18.2 Å². The van der Waals surface area contributed by atoms with Crippen LogP contribution in [-0.2, 0) is 19.6 Å². The van der Waals surface area contributed by atoms with Gasteiger partial charge in [-0.3, -0.25) is 14.3 Å². The fourth-order valence-corrected chi connectivity index (χ4v) is 2.29. The van der Waals surface area contributed by atoms with E-state index in [1.165, 1.54) is 6.07 Å². The van der Waals surface area contributed by atoms with Gasteiger partial charge in [-0.05, 0) is 12.1 Å². The largest absolute Gasteiger partial charge is 0.319 e. The Balaban J connectivity index is 2.16. The molecule has 0 fully saturated rings. The first kappa shape index (κ1) is 15.0. The molecular weight excluding hydrogens is 296 g/mol. The van der Waals surface area contributed by atoms with E-state index in [2.05, 4.69) is 20.6 Å². The zero-order chi connectivity index (χ0) is 15.5. The van der Waals surface area contributed by atoms with Crippen molar-refractivity contribution in [3.8, 4) is 0 Å². The summed E-state index contributed by atoms with van der Waals surface area (Å²) in [5.74, 6) is -0.733. The number of para-hydroxylation sites is 2. The van der Waals surface area contributed by atoms with Crippen LogP contribution in [0, 0.1) is 0 Å². The summed E-state index contributed by atoms with van der Waals surface area (Å²) in [5, 5.41) is 6.25. The second kappa shape index (κ2) is 5.92. The van der Waals surface area contributed by atoms with Crippen molar-refractivity contribution < 1.29 is 18.0 Å². The molecule has 2 rings (SSSR count). The number of hydrogen-bond acceptors (Lipinski definition) is 5. The summed E-state index contributed by atoms with van der Waals surface area (Å²) in [7, 11) is -3.46. The van der Waals surface area contributed by atoms with E-state index in [4.69, 9.17) is 0 Å². The summed E-state index contributed by atoms with van der Waals surface area (Å²) in [6.07, 6.45) is 1.45. The number of benzene rings is 1. The van der Waals surface area contributed by atoms with Crippen LogP contribution in [0.4, 0.5) is 11.4 Å². The molecule has 2 amide bonds. The molecule has 1 aromatic rings. The second-order valence-electron chi connectivity index (χ2n) is 4.47. The first-order valence-corrected chi connectivity index (χ1v) is 7.98. The molecular formula is C12H14N4O4S. The first-order valence-electron chi connectivity index (χ1n) is 6.09. The molecule has 8 nitrogen and oxygen atoms in total. The highest BCUT2D eigenvalue weighted by molar-refractivity contribution is 7.92. The van der Waals surface area contributed by atoms with Gasteiger partial charge in [0.25, 0.3) is 5.91 Å². The Labute approximate surface area is 121 Å². The maximum atomic E-state index is 12.0. The molecule has 1 aliphatic rings. The number of sulfonamides is 1. The predicted molar refractivity (Wildman–Crippen MR) is 78.3 cm³/mol. The number of anilines is 2. The first-order chi connectivity index (χ1) is 9.85. The monoisotopic (exact) mass is 310 g/mol. The number of carbonyl (C=O) groups excluding carboxylic acids is 2. The van der Waals surface area contributed by atoms with Crippen molar-refractivity contribution in [1.29, 1.82) is 0 Å². The maximum Gasteiger partial charge on any atom is 0.271 e. The quantitative estimate of drug-likeness (QED) is 0.739. The van der Waals surface area contributed by atoms with Gasteiger partial charge in [-0.2, -0.15) is 5.10 Å². The Morgan fingerprint density at radius 2 is 1.90 bits per heavy atom. The molecule has 0 atom stereocenters. The lowest BCUT2D eigenvalue weighted by atomic mass is 10.1. The average Bonchev–Trinajstić information content (AvgIpc) is 2.40. The van der Waals surface area contributed by atoms with Gasteiger partial charge in [-0.1, -0.05) is 12.1 Å². The van der Waals surface area contributed by atoms with Gasteiger partial charge < -0.3 is 5.32 Å². The molecule has 0 spiro atoms. The van der Waals surface area contributed by atoms with Crippen LogP contribution in [0.3, 0.4) is 0 Å². The minimum Gasteiger partial charge on any atom is -0.319 e. The standard InChI is InChI=1S/C12H14N4O4S/c1-21(19,20)16-9-5-3-2-4-8(9)13-12(18)10-6-7-11(17)15-14-10/h2-5,16H,6-7H2,1H3,(H,13,18)(H,15,17). The van der Waals surface area contributed by atoms with Gasteiger partial charge in [0.1, 0.15) is 5.71 Å². The van der Waals surface area contributed by atoms with Crippen LogP contribution >= 0.6 is 0 Å². The number of amides is 2. The van der Waals surface area contributed by atoms with Gasteiger partial charge in [0.15, 0.2) is 0 Å². The maximum absolute atomic E-state index is 12.0. The number of nitrogens with zero attached hydrogens (tertiary/aromatic N) is 1. The van der Waals surface area contributed by atoms with E-state index in [0.717, 1.165) is 6.26 Å². The second-order valence-corrected chi connectivity index (χ2v) is 6.22. The molecule has 1 aliphatic heterocycles. The molecule has 1 heterocycles. The van der Waals surface area contributed by atoms with Crippen LogP contribution in [-0.4, -0.2) is 32.2 Å². The number of carbonyl (C=O) groups is 2. The van der Waals surface area contributed by atoms with Crippen LogP contribution in [0.5, 0.6) is 0 Å². The van der Waals surface area contributed by atoms with Gasteiger partial charge in [-0.15, -0.1) is 0 Å². The predicted octanol–water partition coefficient (Wildman–Crippen LogP) is 0.263. The molecule has 0 bridgehead atoms. The van der Waals surface area contributed by atoms with E-state index in [1.807, 2.05) is 0 Å². The van der Waals surface area contributed by atoms with Crippen molar-refractivity contribution >= 4 is 38.9 Å². The minimum atomic E-state index is -3.46. The molecule has 1 aromatic carbocycles. The van der Waals surface area contributed by atoms with E-state index >= 15 is 0 Å². The Hall–Kier alpha value is -2.42. The third kappa shape index (κ3) is 4.28. The van der Waals surface area contributed by atoms with Crippen LogP contribution < -0.4 is 15.5 Å². The molecule has 0 radical (unpaired) electrons. The Kier molecular flexibility index (Phi) is 4.22. The molecule has 112 valence electrons. The smallest absolute Gasteiger partial charge is 0.271 e. The molecule has 0 aliphatic carbocycles. The topological polar surface area (TPSA) is 117 Å². The van der Waals surface area contributed by atoms with Crippen LogP contribution in [0.25, 0.3) is 0 Å². The third-order valence-electron chi connectivity index (χ3n) is 2.64. The lowest BCUT2D eigenvalue weighted by molar-refractivity contribution is -0.121. The zero-order valence-electron chi connectivity index (χ0n) is 11.2. The average molecular weight is 310 g/mol. The van der Waals surface area contributed by atoms with Crippen LogP contribution in [0.1, 0.15) is 12.8 Å². The van der Waals surface area contributed by atoms with E-state index < -0.39 is 15.9 Å². The molecule has 0 saturated heterocycles. The summed E-state index contributed by atoms with van der Waals surface area (Å²) >= 11 is 0. The minimum absolute atomic E-state index is 0.184. The van der Waals surface area contributed by atoms with Gasteiger partial charge in [0.2, 0.25) is 15.9 Å². The molecule has 0 aromatic heterocycles. The Bertz CT molecular complexity index is 712. The number of hydrogen-bond donors (Lipinski definition) is 3. The Morgan fingerprint density at radius 3 is 2.48 bits per heavy atom. The van der Waals surface area contributed by atoms with Gasteiger partial charge in [0, 0.05) is 12.8 Å². The molecule has 21 heavy (non-hydrogen) atoms. The number of nitrogens with one attached hydrogen (secondary N) is 3. The van der Waals surface area contributed by atoms with Gasteiger partial charge in [0.05, 0.1) is 17.6 Å². The highest BCUT2D eigenvalue weighted by Gasteiger charge is 2.19. The third-order valence-corrected chi connectivity index (χ3v) is 3.23. The lowest BCUT2D eigenvalue weighted by Crippen LogP contribution is -2.33. The van der Waals surface area contributed by atoms with Crippen molar-refractivity contribution in [3.63, 3.8) is 0 Å². The lowest BCUT2D eigenvalue weighted by Gasteiger charge is -2.14. The summed E-state index contributed by atoms with van der Waals surface area (Å²) < 4.78 is 24.9. The van der Waals surface area contributed by atoms with Crippen molar-refractivity contribution in [1.82, 2.24) is 5.43 Å². The van der Waals surface area contributed by atoms with Crippen molar-refractivity contribution in [2.75, 3.05) is 16.3 Å². The summed E-state index contributed by atoms with van der Waals surface area (Å²) in [4.78, 5) is 23.0. The van der Waals surface area contributed by atoms with Gasteiger partial charge in [-0.25, -0.2) is 13.8 Å². The SMILES string of the molecule is CS(=O)(=O)Nc1ccccc1NC(=O)C1=NNC(=O)CC1. The molecule has 0 saturated carbocycles. The van der Waals surface area contributed by atoms with Crippen LogP contribution in [0.15, 0.2) is 29.4 Å². The van der Waals surface area contributed by atoms with E-state index in [9.17, 15) is 18.0 Å². The fraction of sp³-hybridized carbons (Fsp3) is 0.250. The summed E-state index contributed by atoms with van der Waals surface area (Å²) in [6.45, 7) is 0. The summed E-state index contributed by atoms with van der Waals surface area (Å²) in [6, 6.07) is 6.39. The zero-order valence-corrected chi connectivity index (χ0v) is 12.0. The highest BCUT2D eigenvalue weighted by atomic mass is 32.2. The van der Waals surface area contributed by atoms with E-state index in [0.29, 0.717) is 5.69 Å². The van der Waals surface area contributed by atoms with Crippen molar-refractivity contribution in [3.05, 3.63) is 24.3 Å². The van der Waals surface area contributed by atoms with Crippen molar-refractivity contribution in [2.45, 2.75) is 12.8 Å². The van der Waals surface area contributed by atoms with Gasteiger partial charge >= 0.3 is 0 Å². The molecule has 3 N–H and O–H groups in total.